The first kappa shape index (κ1) is 27.1. The molecule has 0 saturated carbocycles. The number of fused-ring (bicyclic) bond motifs is 2. The summed E-state index contributed by atoms with van der Waals surface area (Å²) in [7, 11) is 0. The van der Waals surface area contributed by atoms with E-state index in [0.717, 1.165) is 70.1 Å². The van der Waals surface area contributed by atoms with Gasteiger partial charge >= 0.3 is 0 Å². The molecule has 11 heteroatoms. The fourth-order valence-corrected chi connectivity index (χ4v) is 6.36. The SMILES string of the molecule is NCC(=O)N1CCN(CCOc2cccc(N3C4CCC3CN(c3cc(-c5ccccc5O)nnc3N)C4)c2)CC1. The number of nitrogens with two attached hydrogens (primary N) is 2. The van der Waals surface area contributed by atoms with E-state index in [1.54, 1.807) is 12.1 Å². The van der Waals surface area contributed by atoms with Gasteiger partial charge in [0.2, 0.25) is 5.91 Å². The number of carbonyl (C=O) groups excluding carboxylic acids is 1. The van der Waals surface area contributed by atoms with Gasteiger partial charge in [-0.1, -0.05) is 18.2 Å². The first-order chi connectivity index (χ1) is 20.0. The normalized spacial score (nSPS) is 20.9. The Morgan fingerprint density at radius 3 is 2.46 bits per heavy atom. The molecule has 11 nitrogen and oxygen atoms in total. The summed E-state index contributed by atoms with van der Waals surface area (Å²) in [6.07, 6.45) is 2.21. The highest BCUT2D eigenvalue weighted by Gasteiger charge is 2.40. The van der Waals surface area contributed by atoms with Crippen molar-refractivity contribution in [1.82, 2.24) is 20.0 Å². The van der Waals surface area contributed by atoms with Crippen molar-refractivity contribution in [3.8, 4) is 22.8 Å². The molecule has 2 bridgehead atoms. The molecule has 3 aromatic rings. The Bertz CT molecular complexity index is 1370. The van der Waals surface area contributed by atoms with E-state index < -0.39 is 0 Å². The molecule has 3 aliphatic rings. The lowest BCUT2D eigenvalue weighted by atomic mass is 10.1. The van der Waals surface area contributed by atoms with Gasteiger partial charge < -0.3 is 36.0 Å². The Balaban J connectivity index is 1.08. The molecule has 3 aliphatic heterocycles. The second kappa shape index (κ2) is 11.8. The van der Waals surface area contributed by atoms with Crippen molar-refractivity contribution in [3.05, 3.63) is 54.6 Å². The van der Waals surface area contributed by atoms with E-state index >= 15 is 0 Å². The fraction of sp³-hybridized carbons (Fsp3) is 0.433. The number of ether oxygens (including phenoxy) is 1. The summed E-state index contributed by atoms with van der Waals surface area (Å²) in [5, 5.41) is 18.8. The number of aromatic hydroxyl groups is 1. The van der Waals surface area contributed by atoms with Crippen LogP contribution in [0.15, 0.2) is 54.6 Å². The second-order valence-electron chi connectivity index (χ2n) is 11.0. The van der Waals surface area contributed by atoms with E-state index in [0.29, 0.717) is 35.8 Å². The van der Waals surface area contributed by atoms with E-state index in [1.165, 1.54) is 5.69 Å². The predicted octanol–water partition coefficient (Wildman–Crippen LogP) is 1.77. The highest BCUT2D eigenvalue weighted by molar-refractivity contribution is 5.78. The molecule has 0 radical (unpaired) electrons. The number of piperazine rings is 2. The highest BCUT2D eigenvalue weighted by Crippen LogP contribution is 2.39. The highest BCUT2D eigenvalue weighted by atomic mass is 16.5. The van der Waals surface area contributed by atoms with E-state index in [2.05, 4.69) is 43.1 Å². The second-order valence-corrected chi connectivity index (χ2v) is 11.0. The molecule has 2 unspecified atom stereocenters. The van der Waals surface area contributed by atoms with Gasteiger partial charge in [0.1, 0.15) is 18.1 Å². The van der Waals surface area contributed by atoms with Crippen molar-refractivity contribution in [2.24, 2.45) is 5.73 Å². The summed E-state index contributed by atoms with van der Waals surface area (Å²) in [4.78, 5) is 20.8. The number of para-hydroxylation sites is 1. The number of hydrogen-bond donors (Lipinski definition) is 3. The van der Waals surface area contributed by atoms with Crippen LogP contribution in [-0.4, -0.2) is 102 Å². The van der Waals surface area contributed by atoms with Crippen molar-refractivity contribution in [3.63, 3.8) is 0 Å². The Hall–Kier alpha value is -4.09. The Morgan fingerprint density at radius 1 is 0.976 bits per heavy atom. The van der Waals surface area contributed by atoms with Crippen molar-refractivity contribution in [2.45, 2.75) is 24.9 Å². The number of nitrogens with zero attached hydrogens (tertiary/aromatic N) is 6. The zero-order chi connectivity index (χ0) is 28.3. The summed E-state index contributed by atoms with van der Waals surface area (Å²) in [5.74, 6) is 1.47. The Labute approximate surface area is 240 Å². The first-order valence-electron chi connectivity index (χ1n) is 14.4. The maximum Gasteiger partial charge on any atom is 0.236 e. The van der Waals surface area contributed by atoms with Crippen LogP contribution >= 0.6 is 0 Å². The molecule has 4 heterocycles. The quantitative estimate of drug-likeness (QED) is 0.375. The lowest BCUT2D eigenvalue weighted by Crippen LogP contribution is -2.54. The summed E-state index contributed by atoms with van der Waals surface area (Å²) in [6.45, 7) is 6.28. The largest absolute Gasteiger partial charge is 0.507 e. The van der Waals surface area contributed by atoms with E-state index in [4.69, 9.17) is 16.2 Å². The van der Waals surface area contributed by atoms with Gasteiger partial charge in [-0.25, -0.2) is 0 Å². The third-order valence-corrected chi connectivity index (χ3v) is 8.50. The number of nitrogen functional groups attached to an aromatic ring is 1. The molecule has 6 rings (SSSR count). The minimum absolute atomic E-state index is 0.0191. The van der Waals surface area contributed by atoms with Crippen molar-refractivity contribution in [2.75, 3.05) is 74.5 Å². The number of phenols is 1. The van der Waals surface area contributed by atoms with Crippen LogP contribution in [0.2, 0.25) is 0 Å². The number of rotatable bonds is 8. The number of aromatic nitrogens is 2. The lowest BCUT2D eigenvalue weighted by molar-refractivity contribution is -0.131. The van der Waals surface area contributed by atoms with Gasteiger partial charge in [0.25, 0.3) is 0 Å². The number of amides is 1. The van der Waals surface area contributed by atoms with Gasteiger partial charge in [-0.15, -0.1) is 10.2 Å². The number of phenolic OH excluding ortho intramolecular Hbond substituents is 1. The van der Waals surface area contributed by atoms with E-state index in [1.807, 2.05) is 29.2 Å². The van der Waals surface area contributed by atoms with Crippen LogP contribution in [0, 0.1) is 0 Å². The van der Waals surface area contributed by atoms with Gasteiger partial charge in [-0.05, 0) is 43.2 Å². The fourth-order valence-electron chi connectivity index (χ4n) is 6.36. The molecule has 2 aromatic carbocycles. The van der Waals surface area contributed by atoms with Crippen LogP contribution in [-0.2, 0) is 4.79 Å². The maximum atomic E-state index is 11.8. The topological polar surface area (TPSA) is 137 Å². The maximum absolute atomic E-state index is 11.8. The monoisotopic (exact) mass is 558 g/mol. The smallest absolute Gasteiger partial charge is 0.236 e. The van der Waals surface area contributed by atoms with Gasteiger partial charge in [0, 0.05) is 75.2 Å². The molecule has 3 saturated heterocycles. The van der Waals surface area contributed by atoms with Crippen LogP contribution in [0.4, 0.5) is 17.2 Å². The Kier molecular flexibility index (Phi) is 7.80. The molecule has 0 aliphatic carbocycles. The lowest BCUT2D eigenvalue weighted by Gasteiger charge is -2.43. The van der Waals surface area contributed by atoms with Gasteiger partial charge in [-0.3, -0.25) is 9.69 Å². The zero-order valence-electron chi connectivity index (χ0n) is 23.2. The summed E-state index contributed by atoms with van der Waals surface area (Å²) >= 11 is 0. The standard InChI is InChI=1S/C30H38N8O3/c31-18-29(40)36-12-10-35(11-13-36)14-15-41-24-5-3-4-21(16-24)38-22-8-9-23(38)20-37(19-22)27-17-26(33-34-30(27)32)25-6-1-2-7-28(25)39/h1-7,16-17,22-23,39H,8-15,18-20,31H2,(H2,32,34). The number of carbonyl (C=O) groups is 1. The predicted molar refractivity (Wildman–Crippen MR) is 159 cm³/mol. The molecule has 216 valence electrons. The molecule has 5 N–H and O–H groups in total. The van der Waals surface area contributed by atoms with Gasteiger partial charge in [0.15, 0.2) is 5.82 Å². The molecular formula is C30H38N8O3. The van der Waals surface area contributed by atoms with Crippen LogP contribution in [0.1, 0.15) is 12.8 Å². The molecule has 41 heavy (non-hydrogen) atoms. The summed E-state index contributed by atoms with van der Waals surface area (Å²) in [6, 6.07) is 18.2. The average Bonchev–Trinajstić information content (AvgIpc) is 3.27. The molecule has 1 amide bonds. The molecule has 2 atom stereocenters. The summed E-state index contributed by atoms with van der Waals surface area (Å²) in [5.41, 5.74) is 15.1. The van der Waals surface area contributed by atoms with E-state index in [9.17, 15) is 9.90 Å². The first-order valence-corrected chi connectivity index (χ1v) is 14.4. The number of anilines is 3. The van der Waals surface area contributed by atoms with Gasteiger partial charge in [0.05, 0.1) is 17.9 Å². The van der Waals surface area contributed by atoms with Gasteiger partial charge in [-0.2, -0.15) is 0 Å². The zero-order valence-corrected chi connectivity index (χ0v) is 23.2. The van der Waals surface area contributed by atoms with Crippen LogP contribution < -0.4 is 26.0 Å². The minimum atomic E-state index is 0.0191. The molecular weight excluding hydrogens is 520 g/mol. The summed E-state index contributed by atoms with van der Waals surface area (Å²) < 4.78 is 6.17. The van der Waals surface area contributed by atoms with Crippen LogP contribution in [0.25, 0.3) is 11.3 Å². The molecule has 3 fully saturated rings. The van der Waals surface area contributed by atoms with Crippen molar-refractivity contribution < 1.29 is 14.6 Å². The van der Waals surface area contributed by atoms with Crippen molar-refractivity contribution >= 4 is 23.1 Å². The van der Waals surface area contributed by atoms with Crippen LogP contribution in [0.3, 0.4) is 0 Å². The number of benzene rings is 2. The minimum Gasteiger partial charge on any atom is -0.507 e. The third-order valence-electron chi connectivity index (χ3n) is 8.50. The molecule has 0 spiro atoms. The number of hydrogen-bond acceptors (Lipinski definition) is 10. The third kappa shape index (κ3) is 5.73. The van der Waals surface area contributed by atoms with E-state index in [-0.39, 0.29) is 18.2 Å². The van der Waals surface area contributed by atoms with Crippen molar-refractivity contribution in [1.29, 1.82) is 0 Å². The van der Waals surface area contributed by atoms with Crippen LogP contribution in [0.5, 0.6) is 11.5 Å². The Morgan fingerprint density at radius 2 is 1.73 bits per heavy atom. The molecule has 1 aromatic heterocycles. The average molecular weight is 559 g/mol.